The molecule has 2 aliphatic heterocycles. The first kappa shape index (κ1) is 16.2. The molecule has 0 aromatic rings. The van der Waals surface area contributed by atoms with Crippen LogP contribution in [-0.4, -0.2) is 68.4 Å². The minimum Gasteiger partial charge on any atom is -0.379 e. The van der Waals surface area contributed by atoms with Gasteiger partial charge in [0.05, 0.1) is 19.3 Å². The maximum absolute atomic E-state index is 12.7. The molecule has 0 aromatic heterocycles. The van der Waals surface area contributed by atoms with Crippen LogP contribution >= 0.6 is 0 Å². The van der Waals surface area contributed by atoms with E-state index in [1.165, 1.54) is 0 Å². The van der Waals surface area contributed by atoms with E-state index in [0.29, 0.717) is 6.54 Å². The van der Waals surface area contributed by atoms with Crippen molar-refractivity contribution in [3.63, 3.8) is 0 Å². The number of carbonyl (C=O) groups excluding carboxylic acids is 1. The third-order valence-corrected chi connectivity index (χ3v) is 5.88. The molecule has 0 radical (unpaired) electrons. The Labute approximate surface area is 132 Å². The summed E-state index contributed by atoms with van der Waals surface area (Å²) in [7, 11) is 0. The summed E-state index contributed by atoms with van der Waals surface area (Å²) in [5.41, 5.74) is 5.47. The summed E-state index contributed by atoms with van der Waals surface area (Å²) in [6.45, 7) is 9.84. The van der Waals surface area contributed by atoms with Gasteiger partial charge in [0.2, 0.25) is 5.91 Å². The average Bonchev–Trinajstić information content (AvgIpc) is 2.55. The van der Waals surface area contributed by atoms with Crippen LogP contribution in [-0.2, 0) is 14.3 Å². The lowest BCUT2D eigenvalue weighted by molar-refractivity contribution is -0.225. The number of hydrogen-bond donors (Lipinski definition) is 2. The Kier molecular flexibility index (Phi) is 4.47. The van der Waals surface area contributed by atoms with Gasteiger partial charge >= 0.3 is 0 Å². The Bertz CT molecular complexity index is 423. The number of rotatable bonds is 4. The van der Waals surface area contributed by atoms with Crippen molar-refractivity contribution in [3.8, 4) is 0 Å². The van der Waals surface area contributed by atoms with Gasteiger partial charge in [0.25, 0.3) is 0 Å². The molecule has 3 aliphatic rings. The summed E-state index contributed by atoms with van der Waals surface area (Å²) in [5.74, 6) is 0.136. The van der Waals surface area contributed by atoms with Crippen molar-refractivity contribution in [2.75, 3.05) is 46.0 Å². The van der Waals surface area contributed by atoms with E-state index in [-0.39, 0.29) is 23.3 Å². The smallest absolute Gasteiger partial charge is 0.241 e. The van der Waals surface area contributed by atoms with E-state index in [9.17, 15) is 4.79 Å². The van der Waals surface area contributed by atoms with Crippen molar-refractivity contribution < 1.29 is 14.3 Å². The average molecular weight is 311 g/mol. The topological polar surface area (TPSA) is 76.8 Å². The molecule has 3 rings (SSSR count). The van der Waals surface area contributed by atoms with E-state index in [0.717, 1.165) is 52.3 Å². The number of ether oxygens (including phenoxy) is 2. The fourth-order valence-corrected chi connectivity index (χ4v) is 4.34. The minimum absolute atomic E-state index is 0.0162. The molecule has 3 fully saturated rings. The van der Waals surface area contributed by atoms with Crippen LogP contribution in [0.5, 0.6) is 0 Å². The molecule has 1 aliphatic carbocycles. The molecule has 126 valence electrons. The molecule has 6 heteroatoms. The lowest BCUT2D eigenvalue weighted by Crippen LogP contribution is -2.82. The van der Waals surface area contributed by atoms with Gasteiger partial charge in [-0.15, -0.1) is 0 Å². The van der Waals surface area contributed by atoms with Crippen molar-refractivity contribution in [1.29, 1.82) is 0 Å². The van der Waals surface area contributed by atoms with Crippen molar-refractivity contribution >= 4 is 5.91 Å². The van der Waals surface area contributed by atoms with Gasteiger partial charge in [-0.2, -0.15) is 0 Å². The summed E-state index contributed by atoms with van der Waals surface area (Å²) in [6, 6.07) is 0. The molecule has 2 saturated heterocycles. The number of nitrogens with one attached hydrogen (secondary N) is 1. The second kappa shape index (κ2) is 6.07. The van der Waals surface area contributed by atoms with E-state index in [2.05, 4.69) is 24.1 Å². The van der Waals surface area contributed by atoms with E-state index in [1.54, 1.807) is 0 Å². The third-order valence-electron chi connectivity index (χ3n) is 5.88. The van der Waals surface area contributed by atoms with Crippen LogP contribution in [0.4, 0.5) is 0 Å². The zero-order valence-electron chi connectivity index (χ0n) is 13.8. The first-order valence-electron chi connectivity index (χ1n) is 8.47. The molecule has 0 spiro atoms. The highest BCUT2D eigenvalue weighted by atomic mass is 16.5. The number of amides is 1. The predicted octanol–water partition coefficient (Wildman–Crippen LogP) is -0.0327. The zero-order valence-corrected chi connectivity index (χ0v) is 13.8. The van der Waals surface area contributed by atoms with E-state index in [4.69, 9.17) is 15.2 Å². The molecular formula is C16H29N3O3. The largest absolute Gasteiger partial charge is 0.379 e. The SMILES string of the molecule is CC1(C)C2OCCCC2C1(N)C(=O)NCCN1CCOCC1. The van der Waals surface area contributed by atoms with Gasteiger partial charge in [-0.05, 0) is 12.8 Å². The second-order valence-corrected chi connectivity index (χ2v) is 7.34. The maximum Gasteiger partial charge on any atom is 0.241 e. The first-order chi connectivity index (χ1) is 10.5. The number of fused-ring (bicyclic) bond motifs is 1. The van der Waals surface area contributed by atoms with Crippen LogP contribution in [0.25, 0.3) is 0 Å². The number of nitrogens with zero attached hydrogens (tertiary/aromatic N) is 1. The molecule has 6 nitrogen and oxygen atoms in total. The van der Waals surface area contributed by atoms with Crippen molar-refractivity contribution in [2.24, 2.45) is 17.1 Å². The van der Waals surface area contributed by atoms with E-state index in [1.807, 2.05) is 0 Å². The number of nitrogens with two attached hydrogens (primary N) is 1. The van der Waals surface area contributed by atoms with Crippen LogP contribution in [0, 0.1) is 11.3 Å². The Morgan fingerprint density at radius 1 is 1.32 bits per heavy atom. The molecular weight excluding hydrogens is 282 g/mol. The quantitative estimate of drug-likeness (QED) is 0.762. The zero-order chi connectivity index (χ0) is 15.8. The summed E-state index contributed by atoms with van der Waals surface area (Å²) < 4.78 is 11.2. The Morgan fingerprint density at radius 2 is 2.05 bits per heavy atom. The van der Waals surface area contributed by atoms with E-state index < -0.39 is 5.54 Å². The van der Waals surface area contributed by atoms with Crippen LogP contribution in [0.2, 0.25) is 0 Å². The molecule has 22 heavy (non-hydrogen) atoms. The Morgan fingerprint density at radius 3 is 2.77 bits per heavy atom. The fourth-order valence-electron chi connectivity index (χ4n) is 4.34. The van der Waals surface area contributed by atoms with Gasteiger partial charge in [-0.3, -0.25) is 9.69 Å². The van der Waals surface area contributed by atoms with Crippen molar-refractivity contribution in [3.05, 3.63) is 0 Å². The molecule has 1 amide bonds. The summed E-state index contributed by atoms with van der Waals surface area (Å²) in [4.78, 5) is 15.0. The van der Waals surface area contributed by atoms with Gasteiger partial charge in [-0.1, -0.05) is 13.8 Å². The Hall–Kier alpha value is -0.690. The van der Waals surface area contributed by atoms with E-state index >= 15 is 0 Å². The molecule has 3 atom stereocenters. The molecule has 0 bridgehead atoms. The highest BCUT2D eigenvalue weighted by molar-refractivity contribution is 5.89. The lowest BCUT2D eigenvalue weighted by Gasteiger charge is -2.65. The van der Waals surface area contributed by atoms with Gasteiger partial charge in [0.15, 0.2) is 0 Å². The monoisotopic (exact) mass is 311 g/mol. The number of morpholine rings is 1. The fraction of sp³-hybridized carbons (Fsp3) is 0.938. The summed E-state index contributed by atoms with van der Waals surface area (Å²) in [6.07, 6.45) is 2.11. The van der Waals surface area contributed by atoms with Gasteiger partial charge in [0, 0.05) is 44.1 Å². The maximum atomic E-state index is 12.7. The van der Waals surface area contributed by atoms with Gasteiger partial charge in [0.1, 0.15) is 5.54 Å². The van der Waals surface area contributed by atoms with Crippen LogP contribution in [0.3, 0.4) is 0 Å². The normalized spacial score (nSPS) is 38.0. The van der Waals surface area contributed by atoms with Gasteiger partial charge < -0.3 is 20.5 Å². The predicted molar refractivity (Wildman–Crippen MR) is 83.4 cm³/mol. The Balaban J connectivity index is 1.54. The highest BCUT2D eigenvalue weighted by Gasteiger charge is 2.70. The molecule has 3 N–H and O–H groups in total. The first-order valence-corrected chi connectivity index (χ1v) is 8.47. The number of hydrogen-bond acceptors (Lipinski definition) is 5. The van der Waals surface area contributed by atoms with Gasteiger partial charge in [-0.25, -0.2) is 0 Å². The lowest BCUT2D eigenvalue weighted by atomic mass is 9.46. The van der Waals surface area contributed by atoms with Crippen LogP contribution < -0.4 is 11.1 Å². The van der Waals surface area contributed by atoms with Crippen molar-refractivity contribution in [1.82, 2.24) is 10.2 Å². The minimum atomic E-state index is -0.802. The van der Waals surface area contributed by atoms with Crippen molar-refractivity contribution in [2.45, 2.75) is 38.3 Å². The van der Waals surface area contributed by atoms with Crippen LogP contribution in [0.15, 0.2) is 0 Å². The molecule has 3 unspecified atom stereocenters. The van der Waals surface area contributed by atoms with Crippen LogP contribution in [0.1, 0.15) is 26.7 Å². The molecule has 1 saturated carbocycles. The molecule has 2 heterocycles. The number of carbonyl (C=O) groups is 1. The second-order valence-electron chi connectivity index (χ2n) is 7.34. The standard InChI is InChI=1S/C16H29N3O3/c1-15(2)13-12(4-3-9-22-13)16(15,17)14(20)18-5-6-19-7-10-21-11-8-19/h12-13H,3-11,17H2,1-2H3,(H,18,20). The molecule has 0 aromatic carbocycles. The summed E-state index contributed by atoms with van der Waals surface area (Å²) >= 11 is 0. The summed E-state index contributed by atoms with van der Waals surface area (Å²) in [5, 5.41) is 3.06. The third kappa shape index (κ3) is 2.46. The highest BCUT2D eigenvalue weighted by Crippen LogP contribution is 2.57.